The second kappa shape index (κ2) is 15.4. The Kier molecular flexibility index (Phi) is 9.25. The zero-order valence-electron chi connectivity index (χ0n) is 41.7. The van der Waals surface area contributed by atoms with Crippen LogP contribution in [0.5, 0.6) is 0 Å². The van der Waals surface area contributed by atoms with E-state index in [1.165, 1.54) is 110 Å². The maximum Gasteiger partial charge on any atom is 0.0735 e. The summed E-state index contributed by atoms with van der Waals surface area (Å²) in [7, 11) is 0. The standard InChI is InChI=1S/C70H55NS/c1-67(2,3)45-33-38-65-62(41-45)70(63-42-46(68(4,5)6)34-39-66(63)72-65)59-30-18-13-25-52(59)54-36-32-44(40-60(54)70)49-22-14-19-31-64(49)71(47-20-8-7-9-21-47)48-35-37-55-53-26-12-17-29-58(53)69(61(55)43-48)56-27-15-10-23-50(56)51-24-11-16-28-57(51)69/h7-43H,1-6H3. The summed E-state index contributed by atoms with van der Waals surface area (Å²) in [6, 6.07) is 85.9. The van der Waals surface area contributed by atoms with E-state index in [4.69, 9.17) is 0 Å². The number of rotatable bonds is 4. The lowest BCUT2D eigenvalue weighted by Gasteiger charge is -2.41. The van der Waals surface area contributed by atoms with E-state index in [1.807, 2.05) is 11.8 Å². The Bertz CT molecular complexity index is 3750. The number of hydrogen-bond donors (Lipinski definition) is 0. The molecule has 1 aliphatic heterocycles. The monoisotopic (exact) mass is 941 g/mol. The summed E-state index contributed by atoms with van der Waals surface area (Å²) in [6.45, 7) is 14.1. The maximum atomic E-state index is 2.56. The topological polar surface area (TPSA) is 3.24 Å². The van der Waals surface area contributed by atoms with E-state index < -0.39 is 10.8 Å². The van der Waals surface area contributed by atoms with Crippen LogP contribution in [0.25, 0.3) is 44.5 Å². The normalized spacial score (nSPS) is 14.7. The van der Waals surface area contributed by atoms with E-state index in [0.29, 0.717) is 0 Å². The van der Waals surface area contributed by atoms with Gasteiger partial charge < -0.3 is 4.90 Å². The number of fused-ring (bicyclic) bond motifs is 19. The number of para-hydroxylation sites is 2. The molecular formula is C70H55NS. The highest BCUT2D eigenvalue weighted by molar-refractivity contribution is 7.99. The molecule has 14 rings (SSSR count). The zero-order chi connectivity index (χ0) is 48.7. The van der Waals surface area contributed by atoms with Crippen molar-refractivity contribution in [2.24, 2.45) is 0 Å². The van der Waals surface area contributed by atoms with Crippen molar-refractivity contribution in [1.82, 2.24) is 0 Å². The molecule has 1 heterocycles. The van der Waals surface area contributed by atoms with Crippen LogP contribution in [0.2, 0.25) is 0 Å². The molecule has 0 amide bonds. The van der Waals surface area contributed by atoms with Gasteiger partial charge in [-0.15, -0.1) is 0 Å². The highest BCUT2D eigenvalue weighted by Crippen LogP contribution is 2.65. The van der Waals surface area contributed by atoms with Crippen LogP contribution in [0.3, 0.4) is 0 Å². The molecule has 0 bridgehead atoms. The molecule has 4 aliphatic rings. The van der Waals surface area contributed by atoms with E-state index in [0.717, 1.165) is 17.1 Å². The summed E-state index contributed by atoms with van der Waals surface area (Å²) < 4.78 is 0. The Morgan fingerprint density at radius 3 is 1.21 bits per heavy atom. The highest BCUT2D eigenvalue weighted by Gasteiger charge is 2.53. The van der Waals surface area contributed by atoms with Gasteiger partial charge in [0.05, 0.1) is 16.5 Å². The van der Waals surface area contributed by atoms with Gasteiger partial charge in [0, 0.05) is 26.7 Å². The quantitative estimate of drug-likeness (QED) is 0.173. The first-order valence-corrected chi connectivity index (χ1v) is 26.4. The molecule has 0 saturated heterocycles. The molecule has 0 fully saturated rings. The smallest absolute Gasteiger partial charge is 0.0735 e. The van der Waals surface area contributed by atoms with Gasteiger partial charge in [0.2, 0.25) is 0 Å². The Morgan fingerprint density at radius 2 is 0.708 bits per heavy atom. The molecule has 10 aromatic rings. The SMILES string of the molecule is CC(C)(C)c1ccc2c(c1)C1(c3cc(C(C)(C)C)ccc3S2)c2ccccc2-c2ccc(-c3ccccc3N(c3ccccc3)c3ccc4c(c3)C3(c5ccccc5-c5ccccc53)c3ccccc3-4)cc21. The van der Waals surface area contributed by atoms with E-state index in [-0.39, 0.29) is 10.8 Å². The lowest BCUT2D eigenvalue weighted by Crippen LogP contribution is -2.33. The van der Waals surface area contributed by atoms with Crippen LogP contribution in [-0.4, -0.2) is 0 Å². The van der Waals surface area contributed by atoms with Crippen LogP contribution in [0, 0.1) is 0 Å². The molecule has 0 unspecified atom stereocenters. The number of nitrogens with zero attached hydrogens (tertiary/aromatic N) is 1. The number of benzene rings is 10. The number of hydrogen-bond acceptors (Lipinski definition) is 2. The predicted octanol–water partition coefficient (Wildman–Crippen LogP) is 18.6. The van der Waals surface area contributed by atoms with Crippen molar-refractivity contribution in [3.8, 4) is 44.5 Å². The summed E-state index contributed by atoms with van der Waals surface area (Å²) in [6.07, 6.45) is 0. The van der Waals surface area contributed by atoms with E-state index in [1.54, 1.807) is 0 Å². The third kappa shape index (κ3) is 5.91. The molecule has 0 saturated carbocycles. The van der Waals surface area contributed by atoms with Crippen LogP contribution < -0.4 is 4.90 Å². The van der Waals surface area contributed by atoms with Gasteiger partial charge in [-0.25, -0.2) is 0 Å². The minimum absolute atomic E-state index is 0.0262. The van der Waals surface area contributed by atoms with Gasteiger partial charge in [0.1, 0.15) is 0 Å². The third-order valence-electron chi connectivity index (χ3n) is 16.5. The summed E-state index contributed by atoms with van der Waals surface area (Å²) in [5, 5.41) is 0. The van der Waals surface area contributed by atoms with Crippen LogP contribution in [-0.2, 0) is 21.7 Å². The van der Waals surface area contributed by atoms with Crippen molar-refractivity contribution in [2.45, 2.75) is 73.0 Å². The molecular weight excluding hydrogens is 887 g/mol. The second-order valence-corrected chi connectivity index (χ2v) is 23.5. The Morgan fingerprint density at radius 1 is 0.306 bits per heavy atom. The van der Waals surface area contributed by atoms with Gasteiger partial charge in [-0.1, -0.05) is 229 Å². The largest absolute Gasteiger partial charge is 0.310 e. The zero-order valence-corrected chi connectivity index (χ0v) is 42.5. The fourth-order valence-electron chi connectivity index (χ4n) is 13.2. The molecule has 1 nitrogen and oxygen atoms in total. The molecule has 0 atom stereocenters. The van der Waals surface area contributed by atoms with Crippen LogP contribution in [0.4, 0.5) is 17.1 Å². The van der Waals surface area contributed by atoms with Gasteiger partial charge in [0.15, 0.2) is 0 Å². The molecule has 0 aromatic heterocycles. The molecule has 3 aliphatic carbocycles. The van der Waals surface area contributed by atoms with Gasteiger partial charge in [-0.3, -0.25) is 0 Å². The minimum Gasteiger partial charge on any atom is -0.310 e. The second-order valence-electron chi connectivity index (χ2n) is 22.4. The lowest BCUT2D eigenvalue weighted by molar-refractivity contribution is 0.581. The predicted molar refractivity (Wildman–Crippen MR) is 302 cm³/mol. The Balaban J connectivity index is 1.01. The van der Waals surface area contributed by atoms with Gasteiger partial charge in [-0.2, -0.15) is 0 Å². The van der Waals surface area contributed by atoms with Crippen molar-refractivity contribution < 1.29 is 0 Å². The Hall–Kier alpha value is -7.65. The van der Waals surface area contributed by atoms with E-state index >= 15 is 0 Å². The van der Waals surface area contributed by atoms with Crippen molar-refractivity contribution >= 4 is 28.8 Å². The fraction of sp³-hybridized carbons (Fsp3) is 0.143. The third-order valence-corrected chi connectivity index (χ3v) is 17.6. The summed E-state index contributed by atoms with van der Waals surface area (Å²) in [5.74, 6) is 0. The van der Waals surface area contributed by atoms with Crippen molar-refractivity contribution in [3.05, 3.63) is 280 Å². The van der Waals surface area contributed by atoms with Crippen molar-refractivity contribution in [3.63, 3.8) is 0 Å². The Labute approximate surface area is 428 Å². The first-order valence-electron chi connectivity index (χ1n) is 25.6. The molecule has 346 valence electrons. The molecule has 2 spiro atoms. The number of anilines is 3. The summed E-state index contributed by atoms with van der Waals surface area (Å²) in [5.41, 5.74) is 26.1. The molecule has 72 heavy (non-hydrogen) atoms. The van der Waals surface area contributed by atoms with Gasteiger partial charge in [-0.05, 0) is 154 Å². The first-order chi connectivity index (χ1) is 35.0. The summed E-state index contributed by atoms with van der Waals surface area (Å²) >= 11 is 1.93. The first kappa shape index (κ1) is 43.2. The van der Waals surface area contributed by atoms with Crippen molar-refractivity contribution in [2.75, 3.05) is 4.90 Å². The highest BCUT2D eigenvalue weighted by atomic mass is 32.2. The maximum absolute atomic E-state index is 2.56. The fourth-order valence-corrected chi connectivity index (χ4v) is 14.3. The molecule has 10 aromatic carbocycles. The molecule has 0 N–H and O–H groups in total. The van der Waals surface area contributed by atoms with Crippen molar-refractivity contribution in [1.29, 1.82) is 0 Å². The minimum atomic E-state index is -0.536. The average molecular weight is 942 g/mol. The lowest BCUT2D eigenvalue weighted by atomic mass is 9.65. The van der Waals surface area contributed by atoms with E-state index in [2.05, 4.69) is 271 Å². The molecule has 0 radical (unpaired) electrons. The van der Waals surface area contributed by atoms with Crippen LogP contribution >= 0.6 is 11.8 Å². The van der Waals surface area contributed by atoms with Gasteiger partial charge >= 0.3 is 0 Å². The molecule has 2 heteroatoms. The van der Waals surface area contributed by atoms with Crippen LogP contribution in [0.15, 0.2) is 234 Å². The van der Waals surface area contributed by atoms with E-state index in [9.17, 15) is 0 Å². The van der Waals surface area contributed by atoms with Gasteiger partial charge in [0.25, 0.3) is 0 Å². The average Bonchev–Trinajstić information content (AvgIpc) is 3.99. The van der Waals surface area contributed by atoms with Crippen LogP contribution in [0.1, 0.15) is 97.2 Å². The summed E-state index contributed by atoms with van der Waals surface area (Å²) in [4.78, 5) is 5.16.